The van der Waals surface area contributed by atoms with Crippen LogP contribution in [0, 0.1) is 0 Å². The van der Waals surface area contributed by atoms with Gasteiger partial charge in [0.15, 0.2) is 5.78 Å². The summed E-state index contributed by atoms with van der Waals surface area (Å²) in [6, 6.07) is 0. The number of aliphatic hydroxyl groups excluding tert-OH is 1. The summed E-state index contributed by atoms with van der Waals surface area (Å²) in [6.07, 6.45) is 5.06. The summed E-state index contributed by atoms with van der Waals surface area (Å²) >= 11 is 0. The van der Waals surface area contributed by atoms with Gasteiger partial charge in [-0.1, -0.05) is 0 Å². The van der Waals surface area contributed by atoms with E-state index in [1.54, 1.807) is 6.92 Å². The molecule has 1 aliphatic carbocycles. The van der Waals surface area contributed by atoms with Crippen LogP contribution >= 0.6 is 0 Å². The maximum atomic E-state index is 10.7. The van der Waals surface area contributed by atoms with E-state index in [4.69, 9.17) is 5.11 Å². The summed E-state index contributed by atoms with van der Waals surface area (Å²) in [5.41, 5.74) is -1.15. The fourth-order valence-corrected chi connectivity index (χ4v) is 1.17. The van der Waals surface area contributed by atoms with Crippen LogP contribution in [-0.2, 0) is 4.79 Å². The van der Waals surface area contributed by atoms with Gasteiger partial charge in [-0.15, -0.1) is 0 Å². The molecular formula is C9H12O3. The third-order valence-corrected chi connectivity index (χ3v) is 1.69. The monoisotopic (exact) mass is 168 g/mol. The molecule has 0 fully saturated rings. The molecule has 1 atom stereocenters. The van der Waals surface area contributed by atoms with Crippen LogP contribution in [0.5, 0.6) is 0 Å². The molecule has 66 valence electrons. The van der Waals surface area contributed by atoms with Gasteiger partial charge < -0.3 is 10.2 Å². The molecule has 0 aliphatic heterocycles. The van der Waals surface area contributed by atoms with E-state index in [9.17, 15) is 9.90 Å². The molecule has 0 bridgehead atoms. The van der Waals surface area contributed by atoms with Gasteiger partial charge in [0.1, 0.15) is 5.60 Å². The fraction of sp³-hybridized carbons (Fsp3) is 0.444. The Morgan fingerprint density at radius 2 is 2.00 bits per heavy atom. The number of allylic oxidation sites excluding steroid dienone is 2. The Morgan fingerprint density at radius 3 is 2.42 bits per heavy atom. The number of rotatable bonds is 2. The summed E-state index contributed by atoms with van der Waals surface area (Å²) in [5.74, 6) is -0.134. The van der Waals surface area contributed by atoms with Crippen LogP contribution in [0.1, 0.15) is 13.3 Å². The first-order valence-corrected chi connectivity index (χ1v) is 3.85. The molecule has 0 aromatic heterocycles. The van der Waals surface area contributed by atoms with E-state index >= 15 is 0 Å². The highest BCUT2D eigenvalue weighted by Crippen LogP contribution is 2.19. The van der Waals surface area contributed by atoms with Crippen molar-refractivity contribution in [2.45, 2.75) is 25.0 Å². The smallest absolute Gasteiger partial charge is 0.178 e. The van der Waals surface area contributed by atoms with Crippen LogP contribution in [0.15, 0.2) is 24.3 Å². The van der Waals surface area contributed by atoms with Gasteiger partial charge in [0, 0.05) is 6.42 Å². The fourth-order valence-electron chi connectivity index (χ4n) is 1.17. The first kappa shape index (κ1) is 9.16. The van der Waals surface area contributed by atoms with Gasteiger partial charge in [0.25, 0.3) is 0 Å². The Balaban J connectivity index is 2.68. The topological polar surface area (TPSA) is 57.5 Å². The van der Waals surface area contributed by atoms with Gasteiger partial charge in [-0.05, 0) is 31.2 Å². The molecule has 12 heavy (non-hydrogen) atoms. The maximum absolute atomic E-state index is 10.7. The van der Waals surface area contributed by atoms with E-state index in [0.29, 0.717) is 0 Å². The highest BCUT2D eigenvalue weighted by atomic mass is 16.3. The SMILES string of the molecule is CC(O)CC1(O)C=CC(=O)C=C1. The van der Waals surface area contributed by atoms with E-state index in [2.05, 4.69) is 0 Å². The molecule has 0 saturated heterocycles. The van der Waals surface area contributed by atoms with Gasteiger partial charge in [-0.3, -0.25) is 4.79 Å². The van der Waals surface area contributed by atoms with Crippen LogP contribution in [0.25, 0.3) is 0 Å². The zero-order valence-corrected chi connectivity index (χ0v) is 6.90. The van der Waals surface area contributed by atoms with E-state index in [1.165, 1.54) is 24.3 Å². The lowest BCUT2D eigenvalue weighted by atomic mass is 9.92. The lowest BCUT2D eigenvalue weighted by Gasteiger charge is -2.23. The lowest BCUT2D eigenvalue weighted by Crippen LogP contribution is -2.29. The van der Waals surface area contributed by atoms with Crippen molar-refractivity contribution in [3.63, 3.8) is 0 Å². The highest BCUT2D eigenvalue weighted by Gasteiger charge is 2.24. The number of hydrogen-bond donors (Lipinski definition) is 2. The van der Waals surface area contributed by atoms with Crippen LogP contribution in [-0.4, -0.2) is 27.7 Å². The Morgan fingerprint density at radius 1 is 1.50 bits per heavy atom. The molecule has 0 radical (unpaired) electrons. The van der Waals surface area contributed by atoms with Crippen molar-refractivity contribution in [1.29, 1.82) is 0 Å². The average Bonchev–Trinajstić information content (AvgIpc) is 1.94. The van der Waals surface area contributed by atoms with Crippen LogP contribution in [0.4, 0.5) is 0 Å². The van der Waals surface area contributed by atoms with E-state index < -0.39 is 11.7 Å². The highest BCUT2D eigenvalue weighted by molar-refractivity contribution is 6.00. The van der Waals surface area contributed by atoms with Crippen molar-refractivity contribution in [2.75, 3.05) is 0 Å². The summed E-state index contributed by atoms with van der Waals surface area (Å²) in [6.45, 7) is 1.59. The number of ketones is 1. The second-order valence-corrected chi connectivity index (χ2v) is 3.11. The molecule has 3 nitrogen and oxygen atoms in total. The molecule has 1 rings (SSSR count). The quantitative estimate of drug-likeness (QED) is 0.618. The zero-order valence-electron chi connectivity index (χ0n) is 6.90. The number of aliphatic hydroxyl groups is 2. The Bertz CT molecular complexity index is 222. The Hall–Kier alpha value is -0.930. The van der Waals surface area contributed by atoms with Gasteiger partial charge in [-0.25, -0.2) is 0 Å². The predicted octanol–water partition coefficient (Wildman–Crippen LogP) is 0.184. The van der Waals surface area contributed by atoms with Crippen LogP contribution in [0.3, 0.4) is 0 Å². The van der Waals surface area contributed by atoms with Gasteiger partial charge in [-0.2, -0.15) is 0 Å². The summed E-state index contributed by atoms with van der Waals surface area (Å²) in [7, 11) is 0. The molecule has 0 amide bonds. The standard InChI is InChI=1S/C9H12O3/c1-7(10)6-9(12)4-2-8(11)3-5-9/h2-5,7,10,12H,6H2,1H3. The molecule has 1 aliphatic rings. The second kappa shape index (κ2) is 3.21. The molecule has 0 saturated carbocycles. The average molecular weight is 168 g/mol. The minimum absolute atomic E-state index is 0.134. The third kappa shape index (κ3) is 2.29. The summed E-state index contributed by atoms with van der Waals surface area (Å²) in [5, 5.41) is 18.7. The van der Waals surface area contributed by atoms with Gasteiger partial charge >= 0.3 is 0 Å². The minimum Gasteiger partial charge on any atom is -0.393 e. The number of carbonyl (C=O) groups excluding carboxylic acids is 1. The number of hydrogen-bond acceptors (Lipinski definition) is 3. The van der Waals surface area contributed by atoms with Crippen molar-refractivity contribution in [3.05, 3.63) is 24.3 Å². The Labute approximate surface area is 71.0 Å². The number of carbonyl (C=O) groups is 1. The minimum atomic E-state index is -1.15. The van der Waals surface area contributed by atoms with Gasteiger partial charge in [0.05, 0.1) is 6.10 Å². The molecule has 0 aromatic carbocycles. The molecule has 0 spiro atoms. The van der Waals surface area contributed by atoms with Crippen molar-refractivity contribution < 1.29 is 15.0 Å². The summed E-state index contributed by atoms with van der Waals surface area (Å²) < 4.78 is 0. The lowest BCUT2D eigenvalue weighted by molar-refractivity contribution is -0.110. The van der Waals surface area contributed by atoms with E-state index in [0.717, 1.165) is 0 Å². The van der Waals surface area contributed by atoms with E-state index in [1.807, 2.05) is 0 Å². The normalized spacial score (nSPS) is 22.8. The third-order valence-electron chi connectivity index (χ3n) is 1.69. The van der Waals surface area contributed by atoms with Crippen LogP contribution < -0.4 is 0 Å². The first-order valence-electron chi connectivity index (χ1n) is 3.85. The molecule has 0 aromatic rings. The molecular weight excluding hydrogens is 156 g/mol. The Kier molecular flexibility index (Phi) is 2.45. The largest absolute Gasteiger partial charge is 0.393 e. The molecule has 0 heterocycles. The predicted molar refractivity (Wildman–Crippen MR) is 44.5 cm³/mol. The van der Waals surface area contributed by atoms with E-state index in [-0.39, 0.29) is 12.2 Å². The van der Waals surface area contributed by atoms with Crippen molar-refractivity contribution >= 4 is 5.78 Å². The second-order valence-electron chi connectivity index (χ2n) is 3.11. The molecule has 1 unspecified atom stereocenters. The molecule has 3 heteroatoms. The van der Waals surface area contributed by atoms with Crippen molar-refractivity contribution in [2.24, 2.45) is 0 Å². The van der Waals surface area contributed by atoms with Crippen LogP contribution in [0.2, 0.25) is 0 Å². The van der Waals surface area contributed by atoms with Gasteiger partial charge in [0.2, 0.25) is 0 Å². The van der Waals surface area contributed by atoms with Crippen molar-refractivity contribution in [1.82, 2.24) is 0 Å². The molecule has 2 N–H and O–H groups in total. The maximum Gasteiger partial charge on any atom is 0.178 e. The first-order chi connectivity index (χ1) is 5.52. The summed E-state index contributed by atoms with van der Waals surface area (Å²) in [4.78, 5) is 10.7. The zero-order chi connectivity index (χ0) is 9.19. The van der Waals surface area contributed by atoms with Crippen molar-refractivity contribution in [3.8, 4) is 0 Å².